The summed E-state index contributed by atoms with van der Waals surface area (Å²) >= 11 is 1.55. The number of hydrogen-bond acceptors (Lipinski definition) is 5. The van der Waals surface area contributed by atoms with E-state index >= 15 is 0 Å². The van der Waals surface area contributed by atoms with E-state index in [1.807, 2.05) is 27.7 Å². The van der Waals surface area contributed by atoms with Crippen LogP contribution in [-0.2, 0) is 19.6 Å². The summed E-state index contributed by atoms with van der Waals surface area (Å²) in [6.07, 6.45) is 1.59. The molecule has 2 rings (SSSR count). The van der Waals surface area contributed by atoms with Gasteiger partial charge in [0, 0.05) is 12.2 Å². The van der Waals surface area contributed by atoms with Gasteiger partial charge in [0.2, 0.25) is 15.9 Å². The molecule has 0 aromatic rings. The van der Waals surface area contributed by atoms with Gasteiger partial charge >= 0.3 is 0 Å². The van der Waals surface area contributed by atoms with Crippen LogP contribution in [0.1, 0.15) is 47.0 Å². The second kappa shape index (κ2) is 5.70. The van der Waals surface area contributed by atoms with Crippen LogP contribution in [-0.4, -0.2) is 47.6 Å². The lowest BCUT2D eigenvalue weighted by Crippen LogP contribution is -2.51. The quantitative estimate of drug-likeness (QED) is 0.828. The molecule has 22 heavy (non-hydrogen) atoms. The topological polar surface area (TPSA) is 83.5 Å². The second-order valence-corrected chi connectivity index (χ2v) is 10.7. The third-order valence-corrected chi connectivity index (χ3v) is 6.88. The van der Waals surface area contributed by atoms with Gasteiger partial charge in [0.05, 0.1) is 10.6 Å². The van der Waals surface area contributed by atoms with Gasteiger partial charge < -0.3 is 4.90 Å². The Morgan fingerprint density at radius 3 is 2.68 bits per heavy atom. The van der Waals surface area contributed by atoms with Crippen LogP contribution in [0.25, 0.3) is 0 Å². The Labute approximate surface area is 136 Å². The fourth-order valence-electron chi connectivity index (χ4n) is 2.73. The predicted molar refractivity (Wildman–Crippen MR) is 86.7 cm³/mol. The van der Waals surface area contributed by atoms with Crippen molar-refractivity contribution in [2.45, 2.75) is 57.9 Å². The summed E-state index contributed by atoms with van der Waals surface area (Å²) in [6, 6.07) is -0.686. The third kappa shape index (κ3) is 3.76. The second-order valence-electron chi connectivity index (χ2n) is 7.36. The van der Waals surface area contributed by atoms with Crippen LogP contribution < -0.4 is 4.72 Å². The monoisotopic (exact) mass is 348 g/mol. The molecule has 0 unspecified atom stereocenters. The minimum absolute atomic E-state index is 0.0697. The predicted octanol–water partition coefficient (Wildman–Crippen LogP) is 1.32. The van der Waals surface area contributed by atoms with Crippen LogP contribution in [0.3, 0.4) is 0 Å². The lowest BCUT2D eigenvalue weighted by atomic mass is 9.94. The molecular weight excluding hydrogens is 324 g/mol. The Kier molecular flexibility index (Phi) is 4.56. The van der Waals surface area contributed by atoms with Crippen molar-refractivity contribution < 1.29 is 18.0 Å². The molecular formula is C14H24N2O4S2. The first-order valence-corrected chi connectivity index (χ1v) is 10.1. The molecule has 0 aliphatic carbocycles. The van der Waals surface area contributed by atoms with Crippen LogP contribution in [0.2, 0.25) is 0 Å². The maximum absolute atomic E-state index is 12.3. The molecule has 0 spiro atoms. The maximum Gasteiger partial charge on any atom is 0.257 e. The lowest BCUT2D eigenvalue weighted by molar-refractivity contribution is -0.137. The zero-order valence-electron chi connectivity index (χ0n) is 13.5. The number of nitrogens with zero attached hydrogens (tertiary/aromatic N) is 1. The molecule has 2 aliphatic rings. The molecule has 8 heteroatoms. The SMILES string of the molecule is CC(C)(C)CCS(=O)(=O)NC(=O)[C@H]1CS[C@@]2(C)CCC(=O)N12. The number of nitrogens with one attached hydrogen (secondary N) is 1. The molecule has 2 aliphatic heterocycles. The van der Waals surface area contributed by atoms with Gasteiger partial charge in [-0.05, 0) is 25.2 Å². The number of carbonyl (C=O) groups is 2. The van der Waals surface area contributed by atoms with Gasteiger partial charge in [-0.15, -0.1) is 11.8 Å². The number of hydrogen-bond donors (Lipinski definition) is 1. The highest BCUT2D eigenvalue weighted by molar-refractivity contribution is 8.01. The smallest absolute Gasteiger partial charge is 0.257 e. The summed E-state index contributed by atoms with van der Waals surface area (Å²) < 4.78 is 26.3. The first-order chi connectivity index (χ1) is 9.94. The highest BCUT2D eigenvalue weighted by Gasteiger charge is 2.53. The first-order valence-electron chi connectivity index (χ1n) is 7.44. The highest BCUT2D eigenvalue weighted by Crippen LogP contribution is 2.47. The number of carbonyl (C=O) groups excluding carboxylic acids is 2. The van der Waals surface area contributed by atoms with E-state index in [1.54, 1.807) is 16.7 Å². The Balaban J connectivity index is 2.02. The molecule has 1 N–H and O–H groups in total. The molecule has 0 saturated carbocycles. The molecule has 6 nitrogen and oxygen atoms in total. The Morgan fingerprint density at radius 2 is 2.09 bits per heavy atom. The molecule has 2 amide bonds. The number of rotatable bonds is 4. The van der Waals surface area contributed by atoms with E-state index in [4.69, 9.17) is 0 Å². The van der Waals surface area contributed by atoms with Crippen LogP contribution in [0, 0.1) is 5.41 Å². The summed E-state index contributed by atoms with van der Waals surface area (Å²) in [6.45, 7) is 7.79. The van der Waals surface area contributed by atoms with Crippen LogP contribution in [0.4, 0.5) is 0 Å². The van der Waals surface area contributed by atoms with Crippen molar-refractivity contribution >= 4 is 33.6 Å². The van der Waals surface area contributed by atoms with Crippen LogP contribution >= 0.6 is 11.8 Å². The van der Waals surface area contributed by atoms with E-state index in [1.165, 1.54) is 0 Å². The van der Waals surface area contributed by atoms with Crippen molar-refractivity contribution in [1.82, 2.24) is 9.62 Å². The van der Waals surface area contributed by atoms with Gasteiger partial charge in [-0.3, -0.25) is 14.3 Å². The summed E-state index contributed by atoms with van der Waals surface area (Å²) in [4.78, 5) is 25.5. The van der Waals surface area contributed by atoms with E-state index in [0.717, 1.165) is 0 Å². The molecule has 2 atom stereocenters. The van der Waals surface area contributed by atoms with E-state index in [0.29, 0.717) is 25.0 Å². The average Bonchev–Trinajstić information content (AvgIpc) is 2.84. The fraction of sp³-hybridized carbons (Fsp3) is 0.857. The van der Waals surface area contributed by atoms with Gasteiger partial charge in [0.1, 0.15) is 6.04 Å². The Hall–Kier alpha value is -0.760. The van der Waals surface area contributed by atoms with Crippen LogP contribution in [0.5, 0.6) is 0 Å². The molecule has 126 valence electrons. The van der Waals surface area contributed by atoms with E-state index in [-0.39, 0.29) is 21.9 Å². The van der Waals surface area contributed by atoms with Gasteiger partial charge in [0.15, 0.2) is 0 Å². The van der Waals surface area contributed by atoms with Crippen molar-refractivity contribution in [2.24, 2.45) is 5.41 Å². The number of thioether (sulfide) groups is 1. The maximum atomic E-state index is 12.3. The zero-order chi connectivity index (χ0) is 16.8. The van der Waals surface area contributed by atoms with Gasteiger partial charge in [0.25, 0.3) is 5.91 Å². The lowest BCUT2D eigenvalue weighted by Gasteiger charge is -2.29. The Bertz CT molecular complexity index is 582. The summed E-state index contributed by atoms with van der Waals surface area (Å²) in [5, 5.41) is 0. The van der Waals surface area contributed by atoms with Crippen molar-refractivity contribution in [1.29, 1.82) is 0 Å². The molecule has 0 aromatic carbocycles. The zero-order valence-corrected chi connectivity index (χ0v) is 15.1. The fourth-order valence-corrected chi connectivity index (χ4v) is 5.59. The molecule has 2 heterocycles. The molecule has 0 radical (unpaired) electrons. The highest BCUT2D eigenvalue weighted by atomic mass is 32.2. The number of sulfonamides is 1. The minimum Gasteiger partial charge on any atom is -0.315 e. The normalized spacial score (nSPS) is 28.8. The van der Waals surface area contributed by atoms with Crippen molar-refractivity contribution in [3.8, 4) is 0 Å². The molecule has 0 aromatic heterocycles. The van der Waals surface area contributed by atoms with Crippen molar-refractivity contribution in [3.63, 3.8) is 0 Å². The largest absolute Gasteiger partial charge is 0.315 e. The average molecular weight is 348 g/mol. The molecule has 2 fully saturated rings. The number of fused-ring (bicyclic) bond motifs is 1. The van der Waals surface area contributed by atoms with E-state index in [2.05, 4.69) is 4.72 Å². The summed E-state index contributed by atoms with van der Waals surface area (Å²) in [5.74, 6) is -0.295. The van der Waals surface area contributed by atoms with E-state index < -0.39 is 22.0 Å². The van der Waals surface area contributed by atoms with Gasteiger partial charge in [-0.25, -0.2) is 8.42 Å². The third-order valence-electron chi connectivity index (χ3n) is 4.12. The summed E-state index contributed by atoms with van der Waals surface area (Å²) in [7, 11) is -3.66. The minimum atomic E-state index is -3.66. The van der Waals surface area contributed by atoms with E-state index in [9.17, 15) is 18.0 Å². The Morgan fingerprint density at radius 1 is 1.45 bits per heavy atom. The molecule has 2 saturated heterocycles. The standard InChI is InChI=1S/C14H24N2O4S2/c1-13(2,3)7-8-22(19,20)15-12(18)10-9-21-14(4)6-5-11(17)16(10)14/h10H,5-9H2,1-4H3,(H,15,18)/t10-,14+/m1/s1. The first kappa shape index (κ1) is 17.6. The van der Waals surface area contributed by atoms with Gasteiger partial charge in [-0.1, -0.05) is 20.8 Å². The van der Waals surface area contributed by atoms with Crippen LogP contribution in [0.15, 0.2) is 0 Å². The van der Waals surface area contributed by atoms with Crippen molar-refractivity contribution in [2.75, 3.05) is 11.5 Å². The van der Waals surface area contributed by atoms with Gasteiger partial charge in [-0.2, -0.15) is 0 Å². The summed E-state index contributed by atoms with van der Waals surface area (Å²) in [5.41, 5.74) is -0.121. The number of amides is 2. The van der Waals surface area contributed by atoms with Crippen molar-refractivity contribution in [3.05, 3.63) is 0 Å². The molecule has 0 bridgehead atoms.